The third kappa shape index (κ3) is 7.97. The molecule has 0 bridgehead atoms. The molecule has 40 heavy (non-hydrogen) atoms. The maximum absolute atomic E-state index is 13.3. The van der Waals surface area contributed by atoms with Gasteiger partial charge in [0, 0.05) is 36.9 Å². The Labute approximate surface area is 239 Å². The van der Waals surface area contributed by atoms with Crippen LogP contribution < -0.4 is 10.6 Å². The Bertz CT molecular complexity index is 1300. The topological polar surface area (TPSA) is 122 Å². The smallest absolute Gasteiger partial charge is 0.243 e. The number of hydrogen-bond acceptors (Lipinski definition) is 7. The first kappa shape index (κ1) is 29.4. The zero-order chi connectivity index (χ0) is 28.6. The van der Waals surface area contributed by atoms with Crippen LogP contribution in [0.25, 0.3) is 11.4 Å². The Balaban J connectivity index is 1.60. The van der Waals surface area contributed by atoms with Crippen LogP contribution in [0.15, 0.2) is 35.7 Å². The van der Waals surface area contributed by atoms with E-state index in [0.29, 0.717) is 57.0 Å². The van der Waals surface area contributed by atoms with Gasteiger partial charge in [0.25, 0.3) is 0 Å². The number of aryl methyl sites for hydroxylation is 2. The van der Waals surface area contributed by atoms with E-state index in [1.165, 1.54) is 0 Å². The lowest BCUT2D eigenvalue weighted by Gasteiger charge is -2.26. The Morgan fingerprint density at radius 1 is 1.10 bits per heavy atom. The number of nitrogens with one attached hydrogen (secondary N) is 2. The number of benzene rings is 1. The first-order valence-corrected chi connectivity index (χ1v) is 14.9. The molecular formula is C29H39N7O3S. The van der Waals surface area contributed by atoms with Gasteiger partial charge in [-0.15, -0.1) is 11.3 Å². The van der Waals surface area contributed by atoms with Gasteiger partial charge in [-0.3, -0.25) is 14.4 Å². The van der Waals surface area contributed by atoms with Crippen LogP contribution in [0, 0.1) is 12.8 Å². The summed E-state index contributed by atoms with van der Waals surface area (Å²) in [5.74, 6) is 0.964. The molecule has 2 atom stereocenters. The molecule has 3 aromatic rings. The number of fused-ring (bicyclic) bond motifs is 1. The molecule has 11 heteroatoms. The molecule has 1 aliphatic heterocycles. The summed E-state index contributed by atoms with van der Waals surface area (Å²) in [7, 11) is 0. The van der Waals surface area contributed by atoms with Gasteiger partial charge in [-0.25, -0.2) is 14.6 Å². The molecule has 10 nitrogen and oxygen atoms in total. The Morgan fingerprint density at radius 2 is 1.88 bits per heavy atom. The standard InChI is InChI=1S/C29H39N7O3S/c1-19(2)17-24-29(39)30-20(3)28-33-27(22-9-6-5-7-10-22)34-36(28)16-15-35(14-8-11-25(37)32-24)26(38)13-12-23-18-40-21(4)31-23/h5-7,9-10,18-20,24H,8,11-17H2,1-4H3,(H,30,39)(H,32,37)/t20-,24-/m1/s1. The van der Waals surface area contributed by atoms with Crippen LogP contribution in [0.4, 0.5) is 0 Å². The van der Waals surface area contributed by atoms with Crippen LogP contribution in [0.3, 0.4) is 0 Å². The van der Waals surface area contributed by atoms with Crippen molar-refractivity contribution in [2.75, 3.05) is 13.1 Å². The molecule has 1 aromatic carbocycles. The van der Waals surface area contributed by atoms with E-state index in [4.69, 9.17) is 10.1 Å². The average Bonchev–Trinajstić information content (AvgIpc) is 3.54. The molecule has 0 spiro atoms. The van der Waals surface area contributed by atoms with Gasteiger partial charge in [0.1, 0.15) is 11.9 Å². The first-order chi connectivity index (χ1) is 19.2. The first-order valence-electron chi connectivity index (χ1n) is 14.0. The third-order valence-corrected chi connectivity index (χ3v) is 7.69. The second kappa shape index (κ2) is 13.6. The molecule has 0 aliphatic carbocycles. The van der Waals surface area contributed by atoms with Crippen molar-refractivity contribution >= 4 is 29.1 Å². The van der Waals surface area contributed by atoms with Crippen LogP contribution in [-0.4, -0.2) is 61.5 Å². The van der Waals surface area contributed by atoms with Crippen molar-refractivity contribution in [3.63, 3.8) is 0 Å². The van der Waals surface area contributed by atoms with Gasteiger partial charge in [-0.05, 0) is 39.0 Å². The van der Waals surface area contributed by atoms with E-state index in [1.807, 2.05) is 63.4 Å². The highest BCUT2D eigenvalue weighted by molar-refractivity contribution is 7.09. The van der Waals surface area contributed by atoms with Gasteiger partial charge >= 0.3 is 0 Å². The fourth-order valence-electron chi connectivity index (χ4n) is 4.82. The summed E-state index contributed by atoms with van der Waals surface area (Å²) in [5, 5.41) is 13.7. The highest BCUT2D eigenvalue weighted by Crippen LogP contribution is 2.20. The maximum atomic E-state index is 13.3. The number of carbonyl (C=O) groups is 3. The minimum Gasteiger partial charge on any atom is -0.345 e. The molecule has 4 rings (SSSR count). The lowest BCUT2D eigenvalue weighted by atomic mass is 10.0. The molecule has 214 valence electrons. The van der Waals surface area contributed by atoms with Gasteiger partial charge in [0.2, 0.25) is 17.7 Å². The van der Waals surface area contributed by atoms with Gasteiger partial charge in [-0.2, -0.15) is 5.10 Å². The zero-order valence-electron chi connectivity index (χ0n) is 23.7. The Hall–Kier alpha value is -3.60. The van der Waals surface area contributed by atoms with Crippen LogP contribution in [-0.2, 0) is 27.3 Å². The lowest BCUT2D eigenvalue weighted by Crippen LogP contribution is -2.48. The number of rotatable bonds is 6. The summed E-state index contributed by atoms with van der Waals surface area (Å²) in [6.45, 7) is 9.13. The Morgan fingerprint density at radius 3 is 2.58 bits per heavy atom. The van der Waals surface area contributed by atoms with E-state index >= 15 is 0 Å². The number of nitrogens with zero attached hydrogens (tertiary/aromatic N) is 5. The summed E-state index contributed by atoms with van der Waals surface area (Å²) in [6, 6.07) is 8.58. The summed E-state index contributed by atoms with van der Waals surface area (Å²) in [5.41, 5.74) is 1.79. The number of carbonyl (C=O) groups excluding carboxylic acids is 3. The summed E-state index contributed by atoms with van der Waals surface area (Å²) in [6.07, 6.45) is 2.18. The maximum Gasteiger partial charge on any atom is 0.243 e. The van der Waals surface area contributed by atoms with E-state index in [-0.39, 0.29) is 30.1 Å². The summed E-state index contributed by atoms with van der Waals surface area (Å²) in [4.78, 5) is 50.4. The molecule has 3 heterocycles. The molecule has 2 N–H and O–H groups in total. The van der Waals surface area contributed by atoms with E-state index in [9.17, 15) is 14.4 Å². The number of amides is 3. The predicted octanol–water partition coefficient (Wildman–Crippen LogP) is 3.67. The zero-order valence-corrected chi connectivity index (χ0v) is 24.5. The molecule has 1 aliphatic rings. The Kier molecular flexibility index (Phi) is 10.0. The minimum atomic E-state index is -0.651. The van der Waals surface area contributed by atoms with Crippen molar-refractivity contribution in [2.24, 2.45) is 5.92 Å². The van der Waals surface area contributed by atoms with Crippen LogP contribution in [0.5, 0.6) is 0 Å². The van der Waals surface area contributed by atoms with Gasteiger partial charge in [0.05, 0.1) is 23.3 Å². The highest BCUT2D eigenvalue weighted by atomic mass is 32.1. The van der Waals surface area contributed by atoms with Crippen LogP contribution in [0.2, 0.25) is 0 Å². The molecule has 0 saturated carbocycles. The quantitative estimate of drug-likeness (QED) is 0.470. The highest BCUT2D eigenvalue weighted by Gasteiger charge is 2.27. The molecule has 2 aromatic heterocycles. The fourth-order valence-corrected chi connectivity index (χ4v) is 5.47. The second-order valence-electron chi connectivity index (χ2n) is 10.7. The van der Waals surface area contributed by atoms with E-state index in [1.54, 1.807) is 20.9 Å². The lowest BCUT2D eigenvalue weighted by molar-refractivity contribution is -0.132. The van der Waals surface area contributed by atoms with Crippen LogP contribution >= 0.6 is 11.3 Å². The summed E-state index contributed by atoms with van der Waals surface area (Å²) < 4.78 is 1.79. The third-order valence-electron chi connectivity index (χ3n) is 6.87. The van der Waals surface area contributed by atoms with Gasteiger partial charge in [0.15, 0.2) is 5.82 Å². The van der Waals surface area contributed by atoms with Crippen molar-refractivity contribution in [1.29, 1.82) is 0 Å². The van der Waals surface area contributed by atoms with Crippen molar-refractivity contribution in [2.45, 2.75) is 78.4 Å². The number of thiazole rings is 1. The van der Waals surface area contributed by atoms with E-state index in [0.717, 1.165) is 16.3 Å². The van der Waals surface area contributed by atoms with E-state index in [2.05, 4.69) is 15.6 Å². The molecule has 0 radical (unpaired) electrons. The normalized spacial score (nSPS) is 19.1. The average molecular weight is 566 g/mol. The molecular weight excluding hydrogens is 526 g/mol. The molecule has 0 saturated heterocycles. The van der Waals surface area contributed by atoms with E-state index < -0.39 is 12.1 Å². The second-order valence-corrected chi connectivity index (χ2v) is 11.8. The van der Waals surface area contributed by atoms with Crippen molar-refractivity contribution in [1.82, 2.24) is 35.3 Å². The summed E-state index contributed by atoms with van der Waals surface area (Å²) >= 11 is 1.58. The monoisotopic (exact) mass is 565 g/mol. The number of aromatic nitrogens is 4. The van der Waals surface area contributed by atoms with Gasteiger partial charge < -0.3 is 15.5 Å². The van der Waals surface area contributed by atoms with Crippen molar-refractivity contribution < 1.29 is 14.4 Å². The largest absolute Gasteiger partial charge is 0.345 e. The SMILES string of the molecule is Cc1nc(CCC(=O)N2CCCC(=O)N[C@H](CC(C)C)C(=O)N[C@H](C)c3nc(-c4ccccc4)nn3CC2)cs1. The molecule has 0 fully saturated rings. The van der Waals surface area contributed by atoms with Crippen LogP contribution in [0.1, 0.15) is 69.0 Å². The molecule has 3 amide bonds. The van der Waals surface area contributed by atoms with Crippen molar-refractivity contribution in [3.05, 3.63) is 52.2 Å². The fraction of sp³-hybridized carbons (Fsp3) is 0.517. The van der Waals surface area contributed by atoms with Crippen molar-refractivity contribution in [3.8, 4) is 11.4 Å². The molecule has 0 unspecified atom stereocenters. The predicted molar refractivity (Wildman–Crippen MR) is 154 cm³/mol. The van der Waals surface area contributed by atoms with Gasteiger partial charge in [-0.1, -0.05) is 44.2 Å². The number of hydrogen-bond donors (Lipinski definition) is 2. The minimum absolute atomic E-state index is 0.0159.